The van der Waals surface area contributed by atoms with Crippen LogP contribution in [0.4, 0.5) is 28.9 Å². The summed E-state index contributed by atoms with van der Waals surface area (Å²) < 4.78 is 51.0. The second-order valence-corrected chi connectivity index (χ2v) is 5.26. The van der Waals surface area contributed by atoms with Crippen LogP contribution in [0.1, 0.15) is 5.56 Å². The Morgan fingerprint density at radius 2 is 1.72 bits per heavy atom. The molecule has 9 heteroatoms. The van der Waals surface area contributed by atoms with Gasteiger partial charge in [0.2, 0.25) is 6.41 Å². The lowest BCUT2D eigenvalue weighted by Gasteiger charge is -2.10. The van der Waals surface area contributed by atoms with Gasteiger partial charge in [0.25, 0.3) is 0 Å². The first-order valence-corrected chi connectivity index (χ1v) is 7.20. The molecular formula is C16H12ClF4N3O. The van der Waals surface area contributed by atoms with Gasteiger partial charge in [-0.25, -0.2) is 4.39 Å². The van der Waals surface area contributed by atoms with Crippen molar-refractivity contribution in [3.05, 3.63) is 59.0 Å². The molecule has 0 atom stereocenters. The normalized spacial score (nSPS) is 10.9. The molecule has 3 aromatic rings. The fourth-order valence-corrected chi connectivity index (χ4v) is 2.47. The zero-order valence-corrected chi connectivity index (χ0v) is 13.3. The van der Waals surface area contributed by atoms with Crippen molar-refractivity contribution >= 4 is 40.3 Å². The smallest absolute Gasteiger partial charge is 0.372 e. The fraction of sp³-hybridized carbons (Fsp3) is 0.0625. The van der Waals surface area contributed by atoms with E-state index in [2.05, 4.69) is 16.0 Å². The Hall–Kier alpha value is -2.74. The molecule has 2 aromatic carbocycles. The Morgan fingerprint density at radius 1 is 1.12 bits per heavy atom. The summed E-state index contributed by atoms with van der Waals surface area (Å²) in [5.74, 6) is -0.457. The monoisotopic (exact) mass is 373 g/mol. The van der Waals surface area contributed by atoms with Crippen molar-refractivity contribution in [2.45, 2.75) is 6.18 Å². The number of aromatic nitrogens is 1. The van der Waals surface area contributed by atoms with Crippen LogP contribution in [0.15, 0.2) is 42.6 Å². The van der Waals surface area contributed by atoms with Gasteiger partial charge in [-0.2, -0.15) is 13.2 Å². The molecule has 0 aliphatic heterocycles. The second kappa shape index (κ2) is 7.43. The minimum atomic E-state index is -4.37. The molecule has 1 amide bonds. The summed E-state index contributed by atoms with van der Waals surface area (Å²) in [6.07, 6.45) is -2.93. The van der Waals surface area contributed by atoms with E-state index in [-0.39, 0.29) is 16.8 Å². The standard InChI is InChI=1S/C15H9ClF4N2.CH3NO/c16-11-5-10(6-13-14(11)12(17)7-21-13)22-9-3-1-8(2-4-9)15(18,19)20;2-1-3/h1-7,21-22H;1H,(H2,2,3). The lowest BCUT2D eigenvalue weighted by molar-refractivity contribution is -0.137. The van der Waals surface area contributed by atoms with Crippen molar-refractivity contribution in [3.8, 4) is 0 Å². The highest BCUT2D eigenvalue weighted by Gasteiger charge is 2.29. The highest BCUT2D eigenvalue weighted by molar-refractivity contribution is 6.35. The molecule has 3 rings (SSSR count). The van der Waals surface area contributed by atoms with E-state index in [0.29, 0.717) is 16.9 Å². The number of nitrogens with one attached hydrogen (secondary N) is 2. The zero-order valence-electron chi connectivity index (χ0n) is 12.5. The van der Waals surface area contributed by atoms with Crippen molar-refractivity contribution in [2.75, 3.05) is 5.32 Å². The molecule has 0 aliphatic rings. The quantitative estimate of drug-likeness (QED) is 0.445. The van der Waals surface area contributed by atoms with Crippen molar-refractivity contribution in [1.82, 2.24) is 4.98 Å². The van der Waals surface area contributed by atoms with E-state index in [1.54, 1.807) is 6.07 Å². The number of rotatable bonds is 2. The van der Waals surface area contributed by atoms with E-state index in [4.69, 9.17) is 16.4 Å². The number of aromatic amines is 1. The number of hydrogen-bond donors (Lipinski definition) is 3. The van der Waals surface area contributed by atoms with Crippen molar-refractivity contribution in [2.24, 2.45) is 5.73 Å². The molecule has 0 saturated carbocycles. The van der Waals surface area contributed by atoms with E-state index in [1.807, 2.05) is 0 Å². The maximum atomic E-state index is 13.5. The molecule has 1 heterocycles. The molecule has 0 aliphatic carbocycles. The van der Waals surface area contributed by atoms with Gasteiger partial charge in [-0.05, 0) is 36.4 Å². The first-order chi connectivity index (χ1) is 11.8. The van der Waals surface area contributed by atoms with Gasteiger partial charge in [0, 0.05) is 17.6 Å². The van der Waals surface area contributed by atoms with Crippen LogP contribution in [-0.2, 0) is 11.0 Å². The van der Waals surface area contributed by atoms with Crippen LogP contribution in [0.25, 0.3) is 10.9 Å². The first-order valence-electron chi connectivity index (χ1n) is 6.82. The predicted octanol–water partition coefficient (Wildman–Crippen LogP) is 4.82. The number of nitrogens with two attached hydrogens (primary N) is 1. The maximum Gasteiger partial charge on any atom is 0.416 e. The lowest BCUT2D eigenvalue weighted by atomic mass is 10.2. The summed E-state index contributed by atoms with van der Waals surface area (Å²) in [6, 6.07) is 7.74. The molecule has 0 radical (unpaired) electrons. The number of alkyl halides is 3. The van der Waals surface area contributed by atoms with E-state index in [1.165, 1.54) is 24.4 Å². The largest absolute Gasteiger partial charge is 0.416 e. The van der Waals surface area contributed by atoms with Crippen LogP contribution < -0.4 is 11.1 Å². The van der Waals surface area contributed by atoms with Crippen LogP contribution in [0, 0.1) is 5.82 Å². The van der Waals surface area contributed by atoms with Crippen LogP contribution in [0.5, 0.6) is 0 Å². The number of carbonyl (C=O) groups is 1. The third-order valence-electron chi connectivity index (χ3n) is 3.18. The summed E-state index contributed by atoms with van der Waals surface area (Å²) in [4.78, 5) is 11.3. The third-order valence-corrected chi connectivity index (χ3v) is 3.48. The Kier molecular flexibility index (Phi) is 5.53. The van der Waals surface area contributed by atoms with Crippen LogP contribution >= 0.6 is 11.6 Å². The number of halogens is 5. The molecule has 0 unspecified atom stereocenters. The number of anilines is 2. The summed E-state index contributed by atoms with van der Waals surface area (Å²) in [5.41, 5.74) is 4.95. The summed E-state index contributed by atoms with van der Waals surface area (Å²) >= 11 is 6.01. The number of benzene rings is 2. The topological polar surface area (TPSA) is 70.9 Å². The van der Waals surface area contributed by atoms with Crippen LogP contribution in [0.2, 0.25) is 5.02 Å². The molecular weight excluding hydrogens is 362 g/mol. The predicted molar refractivity (Wildman–Crippen MR) is 88.2 cm³/mol. The van der Waals surface area contributed by atoms with Crippen molar-refractivity contribution in [1.29, 1.82) is 0 Å². The molecule has 25 heavy (non-hydrogen) atoms. The minimum Gasteiger partial charge on any atom is -0.372 e. The van der Waals surface area contributed by atoms with E-state index < -0.39 is 17.6 Å². The molecule has 0 bridgehead atoms. The average molecular weight is 374 g/mol. The molecule has 4 nitrogen and oxygen atoms in total. The highest BCUT2D eigenvalue weighted by atomic mass is 35.5. The minimum absolute atomic E-state index is 0.214. The molecule has 0 saturated heterocycles. The summed E-state index contributed by atoms with van der Waals surface area (Å²) in [5, 5.41) is 3.42. The number of hydrogen-bond acceptors (Lipinski definition) is 2. The van der Waals surface area contributed by atoms with Gasteiger partial charge in [-0.1, -0.05) is 11.6 Å². The van der Waals surface area contributed by atoms with Crippen LogP contribution in [0.3, 0.4) is 0 Å². The number of fused-ring (bicyclic) bond motifs is 1. The van der Waals surface area contributed by atoms with Gasteiger partial charge in [-0.3, -0.25) is 4.79 Å². The number of amides is 1. The lowest BCUT2D eigenvalue weighted by Crippen LogP contribution is -2.04. The van der Waals surface area contributed by atoms with E-state index >= 15 is 0 Å². The molecule has 132 valence electrons. The Balaban J connectivity index is 0.000000701. The van der Waals surface area contributed by atoms with Gasteiger partial charge >= 0.3 is 6.18 Å². The third kappa shape index (κ3) is 4.42. The Bertz CT molecular complexity index is 875. The van der Waals surface area contributed by atoms with Gasteiger partial charge in [0.05, 0.1) is 21.5 Å². The molecule has 4 N–H and O–H groups in total. The van der Waals surface area contributed by atoms with Crippen molar-refractivity contribution in [3.63, 3.8) is 0 Å². The Morgan fingerprint density at radius 3 is 2.28 bits per heavy atom. The number of carbonyl (C=O) groups excluding carboxylic acids is 1. The molecule has 0 spiro atoms. The molecule has 0 fully saturated rings. The van der Waals surface area contributed by atoms with E-state index in [0.717, 1.165) is 12.1 Å². The SMILES string of the molecule is Fc1c[nH]c2cc(Nc3ccc(C(F)(F)F)cc3)cc(Cl)c12.NC=O. The summed E-state index contributed by atoms with van der Waals surface area (Å²) in [6.45, 7) is 0. The van der Waals surface area contributed by atoms with Crippen LogP contribution in [-0.4, -0.2) is 11.4 Å². The van der Waals surface area contributed by atoms with E-state index in [9.17, 15) is 17.6 Å². The summed E-state index contributed by atoms with van der Waals surface area (Å²) in [7, 11) is 0. The van der Waals surface area contributed by atoms with Gasteiger partial charge in [0.15, 0.2) is 0 Å². The molecule has 1 aromatic heterocycles. The van der Waals surface area contributed by atoms with Gasteiger partial charge in [0.1, 0.15) is 5.82 Å². The fourth-order valence-electron chi connectivity index (χ4n) is 2.16. The Labute approximate surface area is 144 Å². The van der Waals surface area contributed by atoms with Gasteiger partial charge in [-0.15, -0.1) is 0 Å². The van der Waals surface area contributed by atoms with Crippen molar-refractivity contribution < 1.29 is 22.4 Å². The second-order valence-electron chi connectivity index (χ2n) is 4.85. The zero-order chi connectivity index (χ0) is 18.6. The number of H-pyrrole nitrogens is 1. The highest BCUT2D eigenvalue weighted by Crippen LogP contribution is 2.32. The number of primary amides is 1. The first kappa shape index (κ1) is 18.6. The maximum absolute atomic E-state index is 13.5. The average Bonchev–Trinajstić information content (AvgIpc) is 2.89. The van der Waals surface area contributed by atoms with Gasteiger partial charge < -0.3 is 16.0 Å².